The number of hydrogen-bond donors (Lipinski definition) is 1. The summed E-state index contributed by atoms with van der Waals surface area (Å²) in [7, 11) is 0. The first-order valence-electron chi connectivity index (χ1n) is 2.11. The van der Waals surface area contributed by atoms with Crippen LogP contribution in [0.5, 0.6) is 0 Å². The predicted molar refractivity (Wildman–Crippen MR) is 32.5 cm³/mol. The lowest BCUT2D eigenvalue weighted by Gasteiger charge is -1.86. The molecule has 0 atom stereocenters. The van der Waals surface area contributed by atoms with E-state index in [1.807, 2.05) is 0 Å². The SMILES string of the molecule is C=NC=C(C)C(N)=O. The summed E-state index contributed by atoms with van der Waals surface area (Å²) in [4.78, 5) is 13.5. The van der Waals surface area contributed by atoms with Crippen LogP contribution in [0.1, 0.15) is 6.92 Å². The summed E-state index contributed by atoms with van der Waals surface area (Å²) in [5, 5.41) is 0. The maximum atomic E-state index is 10.2. The molecule has 0 heterocycles. The highest BCUT2D eigenvalue weighted by molar-refractivity contribution is 5.91. The van der Waals surface area contributed by atoms with Crippen molar-refractivity contribution in [2.75, 3.05) is 0 Å². The monoisotopic (exact) mass is 112 g/mol. The topological polar surface area (TPSA) is 55.4 Å². The van der Waals surface area contributed by atoms with E-state index in [4.69, 9.17) is 5.73 Å². The smallest absolute Gasteiger partial charge is 0.245 e. The Morgan fingerprint density at radius 1 is 1.88 bits per heavy atom. The van der Waals surface area contributed by atoms with E-state index in [2.05, 4.69) is 11.7 Å². The van der Waals surface area contributed by atoms with Crippen LogP contribution in [-0.2, 0) is 4.79 Å². The van der Waals surface area contributed by atoms with Crippen molar-refractivity contribution in [2.45, 2.75) is 6.92 Å². The van der Waals surface area contributed by atoms with Crippen LogP contribution < -0.4 is 5.73 Å². The van der Waals surface area contributed by atoms with Crippen LogP contribution in [-0.4, -0.2) is 12.6 Å². The number of carbonyl (C=O) groups is 1. The fraction of sp³-hybridized carbons (Fsp3) is 0.200. The van der Waals surface area contributed by atoms with Gasteiger partial charge in [-0.05, 0) is 13.6 Å². The number of primary amides is 1. The third kappa shape index (κ3) is 2.12. The predicted octanol–water partition coefficient (Wildman–Crippen LogP) is 0.0761. The maximum Gasteiger partial charge on any atom is 0.245 e. The molecule has 0 saturated heterocycles. The first-order chi connectivity index (χ1) is 3.68. The van der Waals surface area contributed by atoms with Crippen molar-refractivity contribution in [1.82, 2.24) is 0 Å². The largest absolute Gasteiger partial charge is 0.366 e. The molecule has 0 saturated carbocycles. The molecule has 0 aromatic heterocycles. The van der Waals surface area contributed by atoms with Gasteiger partial charge < -0.3 is 5.73 Å². The van der Waals surface area contributed by atoms with Crippen LogP contribution in [0.25, 0.3) is 0 Å². The van der Waals surface area contributed by atoms with Gasteiger partial charge in [-0.1, -0.05) is 0 Å². The average Bonchev–Trinajstić information content (AvgIpc) is 1.67. The lowest BCUT2D eigenvalue weighted by Crippen LogP contribution is -2.11. The van der Waals surface area contributed by atoms with E-state index in [0.717, 1.165) is 0 Å². The summed E-state index contributed by atoms with van der Waals surface area (Å²) < 4.78 is 0. The summed E-state index contributed by atoms with van der Waals surface area (Å²) in [6.45, 7) is 4.73. The standard InChI is InChI=1S/C5H8N2O/c1-4(3-7-2)5(6)8/h3H,2H2,1H3,(H2,6,8). The van der Waals surface area contributed by atoms with Gasteiger partial charge in [-0.3, -0.25) is 9.79 Å². The Morgan fingerprint density at radius 2 is 2.38 bits per heavy atom. The minimum Gasteiger partial charge on any atom is -0.366 e. The number of carbonyl (C=O) groups excluding carboxylic acids is 1. The van der Waals surface area contributed by atoms with Crippen molar-refractivity contribution in [1.29, 1.82) is 0 Å². The van der Waals surface area contributed by atoms with Gasteiger partial charge in [0.25, 0.3) is 0 Å². The number of amides is 1. The van der Waals surface area contributed by atoms with E-state index in [1.54, 1.807) is 6.92 Å². The number of aliphatic imine (C=N–C) groups is 1. The number of rotatable bonds is 2. The Kier molecular flexibility index (Phi) is 2.54. The second kappa shape index (κ2) is 2.96. The van der Waals surface area contributed by atoms with E-state index in [-0.39, 0.29) is 0 Å². The van der Waals surface area contributed by atoms with Crippen LogP contribution >= 0.6 is 0 Å². The molecule has 3 nitrogen and oxygen atoms in total. The third-order valence-electron chi connectivity index (χ3n) is 0.674. The van der Waals surface area contributed by atoms with E-state index >= 15 is 0 Å². The van der Waals surface area contributed by atoms with Gasteiger partial charge >= 0.3 is 0 Å². The number of hydrogen-bond acceptors (Lipinski definition) is 2. The summed E-state index contributed by atoms with van der Waals surface area (Å²) >= 11 is 0. The first-order valence-corrected chi connectivity index (χ1v) is 2.11. The second-order valence-corrected chi connectivity index (χ2v) is 1.36. The Morgan fingerprint density at radius 3 is 2.50 bits per heavy atom. The van der Waals surface area contributed by atoms with Crippen molar-refractivity contribution in [3.8, 4) is 0 Å². The molecule has 44 valence electrons. The molecular formula is C5H8N2O. The molecule has 3 heteroatoms. The zero-order chi connectivity index (χ0) is 6.57. The minimum atomic E-state index is -0.461. The zero-order valence-electron chi connectivity index (χ0n) is 4.72. The van der Waals surface area contributed by atoms with Crippen molar-refractivity contribution in [3.63, 3.8) is 0 Å². The van der Waals surface area contributed by atoms with Gasteiger partial charge in [-0.2, -0.15) is 0 Å². The molecule has 0 aliphatic carbocycles. The average molecular weight is 112 g/mol. The first kappa shape index (κ1) is 6.88. The summed E-state index contributed by atoms with van der Waals surface area (Å²) in [6, 6.07) is 0. The van der Waals surface area contributed by atoms with Gasteiger partial charge in [-0.25, -0.2) is 0 Å². The molecule has 0 aromatic rings. The molecule has 0 fully saturated rings. The lowest BCUT2D eigenvalue weighted by atomic mass is 10.3. The molecule has 0 aliphatic heterocycles. The van der Waals surface area contributed by atoms with E-state index < -0.39 is 5.91 Å². The van der Waals surface area contributed by atoms with Crippen LogP contribution in [0.15, 0.2) is 16.8 Å². The Hall–Kier alpha value is -1.12. The molecular weight excluding hydrogens is 104 g/mol. The van der Waals surface area contributed by atoms with Crippen LogP contribution in [0, 0.1) is 0 Å². The summed E-state index contributed by atoms with van der Waals surface area (Å²) in [5.74, 6) is -0.461. The van der Waals surface area contributed by atoms with Gasteiger partial charge in [0.1, 0.15) is 0 Å². The molecule has 1 amide bonds. The fourth-order valence-corrected chi connectivity index (χ4v) is 0.201. The Labute approximate surface area is 47.9 Å². The minimum absolute atomic E-state index is 0.417. The Balaban J connectivity index is 3.99. The molecule has 0 radical (unpaired) electrons. The number of nitrogens with zero attached hydrogens (tertiary/aromatic N) is 1. The molecule has 0 unspecified atom stereocenters. The molecule has 0 rings (SSSR count). The Bertz CT molecular complexity index is 137. The number of nitrogens with two attached hydrogens (primary N) is 1. The summed E-state index contributed by atoms with van der Waals surface area (Å²) in [6.07, 6.45) is 1.32. The van der Waals surface area contributed by atoms with Crippen molar-refractivity contribution >= 4 is 12.6 Å². The lowest BCUT2D eigenvalue weighted by molar-refractivity contribution is -0.114. The van der Waals surface area contributed by atoms with Gasteiger partial charge in [-0.15, -0.1) is 0 Å². The van der Waals surface area contributed by atoms with Crippen molar-refractivity contribution in [2.24, 2.45) is 10.7 Å². The van der Waals surface area contributed by atoms with Gasteiger partial charge in [0.2, 0.25) is 5.91 Å². The molecule has 0 spiro atoms. The third-order valence-corrected chi connectivity index (χ3v) is 0.674. The normalized spacial score (nSPS) is 10.9. The van der Waals surface area contributed by atoms with Crippen LogP contribution in [0.3, 0.4) is 0 Å². The van der Waals surface area contributed by atoms with Crippen LogP contribution in [0.4, 0.5) is 0 Å². The van der Waals surface area contributed by atoms with Crippen molar-refractivity contribution in [3.05, 3.63) is 11.8 Å². The quantitative estimate of drug-likeness (QED) is 0.399. The molecule has 8 heavy (non-hydrogen) atoms. The van der Waals surface area contributed by atoms with Crippen LogP contribution in [0.2, 0.25) is 0 Å². The maximum absolute atomic E-state index is 10.2. The van der Waals surface area contributed by atoms with E-state index in [1.165, 1.54) is 6.20 Å². The van der Waals surface area contributed by atoms with Gasteiger partial charge in [0.05, 0.1) is 0 Å². The summed E-state index contributed by atoms with van der Waals surface area (Å²) in [5.41, 5.74) is 5.24. The second-order valence-electron chi connectivity index (χ2n) is 1.36. The highest BCUT2D eigenvalue weighted by Crippen LogP contribution is 1.87. The zero-order valence-corrected chi connectivity index (χ0v) is 4.72. The highest BCUT2D eigenvalue weighted by Gasteiger charge is 1.92. The highest BCUT2D eigenvalue weighted by atomic mass is 16.1. The molecule has 0 aliphatic rings. The van der Waals surface area contributed by atoms with E-state index in [0.29, 0.717) is 5.57 Å². The van der Waals surface area contributed by atoms with Gasteiger partial charge in [0, 0.05) is 11.8 Å². The molecule has 2 N–H and O–H groups in total. The molecule has 0 bridgehead atoms. The fourth-order valence-electron chi connectivity index (χ4n) is 0.201. The van der Waals surface area contributed by atoms with Gasteiger partial charge in [0.15, 0.2) is 0 Å². The van der Waals surface area contributed by atoms with Crippen molar-refractivity contribution < 1.29 is 4.79 Å². The van der Waals surface area contributed by atoms with E-state index in [9.17, 15) is 4.79 Å². The molecule has 0 aromatic carbocycles.